The number of carbonyl (C=O) groups is 1. The molecule has 5 rings (SSSR count). The lowest BCUT2D eigenvalue weighted by atomic mass is 9.75. The molecule has 50 heavy (non-hydrogen) atoms. The van der Waals surface area contributed by atoms with Gasteiger partial charge in [-0.25, -0.2) is 4.79 Å². The van der Waals surface area contributed by atoms with Crippen molar-refractivity contribution in [3.8, 4) is 0 Å². The molecule has 3 aliphatic rings. The van der Waals surface area contributed by atoms with Gasteiger partial charge in [0.05, 0.1) is 22.7 Å². The Morgan fingerprint density at radius 2 is 1.48 bits per heavy atom. The number of nitro groups is 1. The molecule has 1 aliphatic heterocycles. The number of rotatable bonds is 12. The molecule has 2 saturated carbocycles. The van der Waals surface area contributed by atoms with Crippen LogP contribution in [0.25, 0.3) is 0 Å². The summed E-state index contributed by atoms with van der Waals surface area (Å²) >= 11 is 0. The van der Waals surface area contributed by atoms with E-state index in [0.29, 0.717) is 34.9 Å². The van der Waals surface area contributed by atoms with Crippen molar-refractivity contribution in [1.82, 2.24) is 4.98 Å². The summed E-state index contributed by atoms with van der Waals surface area (Å²) in [5, 5.41) is 12.3. The van der Waals surface area contributed by atoms with Gasteiger partial charge in [-0.15, -0.1) is 0 Å². The minimum Gasteiger partial charge on any atom is -0.441 e. The van der Waals surface area contributed by atoms with Gasteiger partial charge in [-0.05, 0) is 92.2 Å². The zero-order valence-electron chi connectivity index (χ0n) is 30.9. The van der Waals surface area contributed by atoms with Gasteiger partial charge in [0.2, 0.25) is 5.85 Å². The lowest BCUT2D eigenvalue weighted by Crippen LogP contribution is -2.37. The molecule has 276 valence electrons. The predicted molar refractivity (Wildman–Crippen MR) is 196 cm³/mol. The van der Waals surface area contributed by atoms with Crippen molar-refractivity contribution in [2.75, 3.05) is 18.0 Å². The summed E-state index contributed by atoms with van der Waals surface area (Å²) in [7, 11) is -4.26. The fourth-order valence-corrected chi connectivity index (χ4v) is 10.6. The monoisotopic (exact) mass is 711 g/mol. The molecule has 0 amide bonds. The predicted octanol–water partition coefficient (Wildman–Crippen LogP) is 10.4. The first-order valence-electron chi connectivity index (χ1n) is 19.0. The smallest absolute Gasteiger partial charge is 0.376 e. The number of carbonyl (C=O) groups excluding carboxylic acids is 1. The molecule has 0 N–H and O–H groups in total. The van der Waals surface area contributed by atoms with Crippen LogP contribution in [0, 0.1) is 45.6 Å². The molecule has 3 fully saturated rings. The number of nitro benzene ring substituents is 1. The Morgan fingerprint density at radius 3 is 1.98 bits per heavy atom. The highest BCUT2D eigenvalue weighted by atomic mass is 31.2. The molecule has 2 aliphatic carbocycles. The Morgan fingerprint density at radius 1 is 0.900 bits per heavy atom. The summed E-state index contributed by atoms with van der Waals surface area (Å²) in [5.74, 6) is -0.575. The van der Waals surface area contributed by atoms with Gasteiger partial charge < -0.3 is 18.7 Å². The van der Waals surface area contributed by atoms with Crippen LogP contribution in [0.15, 0.2) is 42.7 Å². The number of nitrogens with zero attached hydrogens (tertiary/aromatic N) is 3. The van der Waals surface area contributed by atoms with E-state index >= 15 is 4.57 Å². The first-order valence-corrected chi connectivity index (χ1v) is 20.6. The zero-order valence-corrected chi connectivity index (χ0v) is 31.8. The lowest BCUT2D eigenvalue weighted by molar-refractivity contribution is -0.384. The van der Waals surface area contributed by atoms with E-state index < -0.39 is 24.3 Å². The van der Waals surface area contributed by atoms with Crippen molar-refractivity contribution < 1.29 is 28.1 Å². The molecule has 0 spiro atoms. The number of hydrogen-bond donors (Lipinski definition) is 0. The Kier molecular flexibility index (Phi) is 13.2. The SMILES string of the molecule is CC(C)[C@H]1CC[C@@H](C)C[C@H]1OP(=O)(O[C@@H]1C[C@H](C)CC[C@@H]1C(C)C)[C@H](OC(=O)c1ccc(N2CCCCCC2)c([N+](=O)[O-])c1)c1cccnc1. The maximum absolute atomic E-state index is 15.8. The van der Waals surface area contributed by atoms with Gasteiger partial charge >= 0.3 is 13.6 Å². The molecule has 1 saturated heterocycles. The van der Waals surface area contributed by atoms with E-state index in [0.717, 1.165) is 77.3 Å². The van der Waals surface area contributed by atoms with Crippen LogP contribution in [0.5, 0.6) is 0 Å². The van der Waals surface area contributed by atoms with Crippen molar-refractivity contribution >= 4 is 24.9 Å². The second-order valence-corrected chi connectivity index (χ2v) is 17.9. The van der Waals surface area contributed by atoms with Crippen molar-refractivity contribution in [2.45, 2.75) is 124 Å². The highest BCUT2D eigenvalue weighted by Gasteiger charge is 2.49. The quantitative estimate of drug-likeness (QED) is 0.0916. The average molecular weight is 712 g/mol. The normalized spacial score (nSPS) is 27.2. The molecule has 11 heteroatoms. The standard InChI is InChI=1S/C39H58N3O7P/c1-26(2)32-16-13-28(5)22-36(32)48-50(46,49-37-23-29(6)14-17-33(37)27(3)4)39(31-12-11-19-40-25-31)47-38(43)30-15-18-34(35(24-30)42(44)45)41-20-9-7-8-10-21-41/h11-12,15,18-19,24-29,32-33,36-37,39H,7-10,13-14,16-17,20-23H2,1-6H3/t28-,29-,32-,33-,36-,37-,39+/m1/s1. The van der Waals surface area contributed by atoms with E-state index in [1.54, 1.807) is 30.5 Å². The molecule has 2 heterocycles. The average Bonchev–Trinajstić information content (AvgIpc) is 3.36. The highest BCUT2D eigenvalue weighted by Crippen LogP contribution is 2.66. The fourth-order valence-electron chi connectivity index (χ4n) is 8.37. The number of aromatic nitrogens is 1. The third-order valence-electron chi connectivity index (χ3n) is 11.3. The largest absolute Gasteiger partial charge is 0.441 e. The Balaban J connectivity index is 1.55. The molecule has 0 unspecified atom stereocenters. The Hall–Kier alpha value is -2.81. The summed E-state index contributed by atoms with van der Waals surface area (Å²) in [6.45, 7) is 14.5. The number of hydrogen-bond acceptors (Lipinski definition) is 9. The van der Waals surface area contributed by atoms with E-state index in [2.05, 4.69) is 46.5 Å². The molecule has 0 bridgehead atoms. The maximum Gasteiger partial charge on any atom is 0.376 e. The van der Waals surface area contributed by atoms with Gasteiger partial charge in [0, 0.05) is 37.1 Å². The molecule has 10 nitrogen and oxygen atoms in total. The molecular formula is C39H58N3O7P. The zero-order chi connectivity index (χ0) is 36.0. The van der Waals surface area contributed by atoms with Crippen LogP contribution < -0.4 is 4.90 Å². The molecule has 2 aromatic rings. The third kappa shape index (κ3) is 9.34. The number of anilines is 1. The van der Waals surface area contributed by atoms with Gasteiger partial charge in [-0.2, -0.15) is 0 Å². The summed E-state index contributed by atoms with van der Waals surface area (Å²) in [6, 6.07) is 7.92. The first-order chi connectivity index (χ1) is 23.9. The van der Waals surface area contributed by atoms with Gasteiger partial charge in [-0.1, -0.05) is 73.3 Å². The summed E-state index contributed by atoms with van der Waals surface area (Å²) in [5.41, 5.74) is 0.747. The summed E-state index contributed by atoms with van der Waals surface area (Å²) in [4.78, 5) is 32.3. The summed E-state index contributed by atoms with van der Waals surface area (Å²) in [6.07, 6.45) is 12.0. The van der Waals surface area contributed by atoms with Crippen LogP contribution in [0.1, 0.15) is 128 Å². The van der Waals surface area contributed by atoms with Crippen molar-refractivity contribution in [2.24, 2.45) is 35.5 Å². The second-order valence-electron chi connectivity index (χ2n) is 15.9. The highest BCUT2D eigenvalue weighted by molar-refractivity contribution is 7.54. The van der Waals surface area contributed by atoms with Crippen molar-refractivity contribution in [3.63, 3.8) is 0 Å². The number of benzene rings is 1. The van der Waals surface area contributed by atoms with E-state index in [9.17, 15) is 14.9 Å². The minimum atomic E-state index is -4.26. The van der Waals surface area contributed by atoms with E-state index in [1.165, 1.54) is 12.3 Å². The van der Waals surface area contributed by atoms with E-state index in [4.69, 9.17) is 13.8 Å². The van der Waals surface area contributed by atoms with Crippen LogP contribution >= 0.6 is 7.60 Å². The molecule has 1 aromatic carbocycles. The molecule has 1 aromatic heterocycles. The van der Waals surface area contributed by atoms with Crippen molar-refractivity contribution in [1.29, 1.82) is 0 Å². The topological polar surface area (TPSA) is 121 Å². The van der Waals surface area contributed by atoms with Gasteiger partial charge in [0.1, 0.15) is 5.69 Å². The van der Waals surface area contributed by atoms with E-state index in [1.807, 2.05) is 4.90 Å². The van der Waals surface area contributed by atoms with Crippen LogP contribution in [0.4, 0.5) is 11.4 Å². The van der Waals surface area contributed by atoms with Crippen LogP contribution in [-0.2, 0) is 18.3 Å². The molecule has 7 atom stereocenters. The Bertz CT molecular complexity index is 1440. The van der Waals surface area contributed by atoms with Gasteiger partial charge in [0.25, 0.3) is 5.69 Å². The third-order valence-corrected chi connectivity index (χ3v) is 13.4. The van der Waals surface area contributed by atoms with Crippen LogP contribution in [-0.4, -0.2) is 41.2 Å². The first kappa shape index (κ1) is 38.4. The lowest BCUT2D eigenvalue weighted by Gasteiger charge is -2.43. The fraction of sp³-hybridized carbons (Fsp3) is 0.692. The van der Waals surface area contributed by atoms with Crippen molar-refractivity contribution in [3.05, 3.63) is 64.0 Å². The number of ether oxygens (including phenoxy) is 1. The van der Waals surface area contributed by atoms with E-state index in [-0.39, 0.29) is 35.3 Å². The maximum atomic E-state index is 15.8. The molecular weight excluding hydrogens is 653 g/mol. The Labute approximate surface area is 298 Å². The minimum absolute atomic E-state index is 0.00778. The van der Waals surface area contributed by atoms with Crippen LogP contribution in [0.3, 0.4) is 0 Å². The van der Waals surface area contributed by atoms with Gasteiger partial charge in [0.15, 0.2) is 0 Å². The summed E-state index contributed by atoms with van der Waals surface area (Å²) < 4.78 is 35.7. The number of esters is 1. The van der Waals surface area contributed by atoms with Gasteiger partial charge in [-0.3, -0.25) is 19.7 Å². The second kappa shape index (κ2) is 17.1. The number of pyridine rings is 1. The molecule has 0 radical (unpaired) electrons. The van der Waals surface area contributed by atoms with Crippen LogP contribution in [0.2, 0.25) is 0 Å².